The standard InChI is InChI=1S/C7H14OS2.Zn/c1-2-3-4-5-6-8-7(9)10;/h2-6H2,1H3,(H,9,10);. The number of ether oxygens (including phenoxy) is 1. The Morgan fingerprint density at radius 3 is 2.45 bits per heavy atom. The van der Waals surface area contributed by atoms with E-state index >= 15 is 0 Å². The van der Waals surface area contributed by atoms with Gasteiger partial charge in [0.15, 0.2) is 0 Å². The van der Waals surface area contributed by atoms with Crippen molar-refractivity contribution >= 4 is 29.2 Å². The van der Waals surface area contributed by atoms with Crippen LogP contribution >= 0.6 is 24.8 Å². The van der Waals surface area contributed by atoms with Gasteiger partial charge in [-0.15, -0.1) is 0 Å². The largest absolute Gasteiger partial charge is 0.479 e. The van der Waals surface area contributed by atoms with Crippen LogP contribution in [0.5, 0.6) is 0 Å². The zero-order chi connectivity index (χ0) is 7.82. The van der Waals surface area contributed by atoms with Gasteiger partial charge < -0.3 is 4.74 Å². The molecule has 62 valence electrons. The molecule has 0 spiro atoms. The zero-order valence-corrected chi connectivity index (χ0v) is 11.7. The monoisotopic (exact) mass is 242 g/mol. The van der Waals surface area contributed by atoms with Gasteiger partial charge >= 0.3 is 0 Å². The molecule has 0 heterocycles. The van der Waals surface area contributed by atoms with Gasteiger partial charge in [-0.3, -0.25) is 0 Å². The molecule has 0 saturated carbocycles. The fourth-order valence-corrected chi connectivity index (χ4v) is 0.863. The van der Waals surface area contributed by atoms with Crippen LogP contribution in [0.25, 0.3) is 0 Å². The Morgan fingerprint density at radius 1 is 1.36 bits per heavy atom. The second kappa shape index (κ2) is 10.9. The van der Waals surface area contributed by atoms with Crippen LogP contribution in [-0.4, -0.2) is 11.0 Å². The first-order valence-electron chi connectivity index (χ1n) is 3.63. The fourth-order valence-electron chi connectivity index (χ4n) is 0.688. The summed E-state index contributed by atoms with van der Waals surface area (Å²) in [6.45, 7) is 2.91. The Kier molecular flexibility index (Phi) is 14.2. The van der Waals surface area contributed by atoms with E-state index in [1.54, 1.807) is 0 Å². The summed E-state index contributed by atoms with van der Waals surface area (Å²) in [5.41, 5.74) is 0. The first kappa shape index (κ1) is 14.4. The van der Waals surface area contributed by atoms with Crippen LogP contribution < -0.4 is 0 Å². The van der Waals surface area contributed by atoms with Crippen LogP contribution in [0.3, 0.4) is 0 Å². The average molecular weight is 244 g/mol. The van der Waals surface area contributed by atoms with Gasteiger partial charge in [0.25, 0.3) is 0 Å². The van der Waals surface area contributed by atoms with E-state index in [0.29, 0.717) is 4.38 Å². The van der Waals surface area contributed by atoms with Gasteiger partial charge in [0.05, 0.1) is 6.61 Å². The molecule has 0 saturated heterocycles. The molecule has 0 radical (unpaired) electrons. The number of unbranched alkanes of at least 4 members (excludes halogenated alkanes) is 3. The molecule has 4 heteroatoms. The Labute approximate surface area is 92.4 Å². The van der Waals surface area contributed by atoms with E-state index in [1.165, 1.54) is 19.3 Å². The van der Waals surface area contributed by atoms with Gasteiger partial charge in [0.2, 0.25) is 4.38 Å². The van der Waals surface area contributed by atoms with Gasteiger partial charge in [0, 0.05) is 19.5 Å². The van der Waals surface area contributed by atoms with Crippen LogP contribution in [0.1, 0.15) is 32.6 Å². The topological polar surface area (TPSA) is 9.23 Å². The third-order valence-corrected chi connectivity index (χ3v) is 1.47. The first-order valence-corrected chi connectivity index (χ1v) is 4.48. The van der Waals surface area contributed by atoms with Gasteiger partial charge in [-0.05, 0) is 18.6 Å². The molecule has 0 N–H and O–H groups in total. The van der Waals surface area contributed by atoms with Gasteiger partial charge in [-0.25, -0.2) is 0 Å². The van der Waals surface area contributed by atoms with E-state index in [1.807, 2.05) is 0 Å². The minimum Gasteiger partial charge on any atom is -0.479 e. The number of hydrogen-bond acceptors (Lipinski definition) is 2. The van der Waals surface area contributed by atoms with E-state index in [4.69, 9.17) is 4.74 Å². The van der Waals surface area contributed by atoms with E-state index in [-0.39, 0.29) is 19.5 Å². The Bertz CT molecular complexity index is 98.4. The zero-order valence-electron chi connectivity index (χ0n) is 7.01. The minimum absolute atomic E-state index is 0. The molecule has 0 atom stereocenters. The maximum absolute atomic E-state index is 4.98. The maximum atomic E-state index is 4.98. The summed E-state index contributed by atoms with van der Waals surface area (Å²) in [7, 11) is 0. The van der Waals surface area contributed by atoms with Crippen molar-refractivity contribution in [3.63, 3.8) is 0 Å². The fraction of sp³-hybridized carbons (Fsp3) is 0.857. The van der Waals surface area contributed by atoms with E-state index in [2.05, 4.69) is 31.8 Å². The van der Waals surface area contributed by atoms with Crippen molar-refractivity contribution in [3.8, 4) is 0 Å². The quantitative estimate of drug-likeness (QED) is 0.344. The molecule has 0 aliphatic carbocycles. The van der Waals surface area contributed by atoms with Crippen LogP contribution in [-0.2, 0) is 24.2 Å². The van der Waals surface area contributed by atoms with Gasteiger partial charge in [-0.1, -0.05) is 38.8 Å². The molecule has 0 aliphatic rings. The number of rotatable bonds is 5. The molecule has 0 aromatic carbocycles. The van der Waals surface area contributed by atoms with Gasteiger partial charge in [-0.2, -0.15) is 0 Å². The molecule has 0 aliphatic heterocycles. The van der Waals surface area contributed by atoms with Gasteiger partial charge in [0.1, 0.15) is 0 Å². The molecule has 0 aromatic rings. The molecule has 0 amide bonds. The minimum atomic E-state index is 0. The summed E-state index contributed by atoms with van der Waals surface area (Å²) < 4.78 is 5.34. The van der Waals surface area contributed by atoms with Crippen LogP contribution in [0.4, 0.5) is 0 Å². The molecular weight excluding hydrogens is 230 g/mol. The summed E-state index contributed by atoms with van der Waals surface area (Å²) in [5.74, 6) is 0. The molecular formula is C7H14OS2Zn. The second-order valence-electron chi connectivity index (χ2n) is 2.18. The molecule has 0 fully saturated rings. The van der Waals surface area contributed by atoms with Crippen molar-refractivity contribution in [2.24, 2.45) is 0 Å². The summed E-state index contributed by atoms with van der Waals surface area (Å²) >= 11 is 8.45. The maximum Gasteiger partial charge on any atom is 0.216 e. The Morgan fingerprint density at radius 2 is 2.00 bits per heavy atom. The van der Waals surface area contributed by atoms with Crippen LogP contribution in [0.15, 0.2) is 0 Å². The summed E-state index contributed by atoms with van der Waals surface area (Å²) in [5, 5.41) is 0. The van der Waals surface area contributed by atoms with Crippen LogP contribution in [0, 0.1) is 0 Å². The number of hydrogen-bond donors (Lipinski definition) is 1. The predicted octanol–water partition coefficient (Wildman–Crippen LogP) is 2.80. The smallest absolute Gasteiger partial charge is 0.216 e. The van der Waals surface area contributed by atoms with E-state index in [9.17, 15) is 0 Å². The molecule has 0 bridgehead atoms. The van der Waals surface area contributed by atoms with Crippen LogP contribution in [0.2, 0.25) is 0 Å². The van der Waals surface area contributed by atoms with Crippen molar-refractivity contribution < 1.29 is 24.2 Å². The summed E-state index contributed by atoms with van der Waals surface area (Å²) in [4.78, 5) is 0. The molecule has 0 aromatic heterocycles. The molecule has 0 unspecified atom stereocenters. The predicted molar refractivity (Wildman–Crippen MR) is 51.7 cm³/mol. The average Bonchev–Trinajstić information content (AvgIpc) is 1.87. The number of thiol groups is 1. The van der Waals surface area contributed by atoms with E-state index in [0.717, 1.165) is 13.0 Å². The van der Waals surface area contributed by atoms with Crippen molar-refractivity contribution in [3.05, 3.63) is 0 Å². The first-order chi connectivity index (χ1) is 4.77. The van der Waals surface area contributed by atoms with Crippen molar-refractivity contribution in [2.45, 2.75) is 32.6 Å². The normalized spacial score (nSPS) is 8.55. The van der Waals surface area contributed by atoms with Crippen molar-refractivity contribution in [1.82, 2.24) is 0 Å². The summed E-state index contributed by atoms with van der Waals surface area (Å²) in [6.07, 6.45) is 4.86. The molecule has 11 heavy (non-hydrogen) atoms. The third-order valence-electron chi connectivity index (χ3n) is 1.22. The molecule has 0 rings (SSSR count). The summed E-state index contributed by atoms with van der Waals surface area (Å²) in [6, 6.07) is 0. The Hall–Kier alpha value is 0.863. The third kappa shape index (κ3) is 13.8. The van der Waals surface area contributed by atoms with E-state index < -0.39 is 0 Å². The van der Waals surface area contributed by atoms with Crippen molar-refractivity contribution in [2.75, 3.05) is 6.61 Å². The SMILES string of the molecule is CCCCCCOC(=S)S.[Zn]. The van der Waals surface area contributed by atoms with Crippen molar-refractivity contribution in [1.29, 1.82) is 0 Å². The second-order valence-corrected chi connectivity index (χ2v) is 3.25. The Balaban J connectivity index is 0. The molecule has 1 nitrogen and oxygen atoms in total. The number of thiocarbonyl (C=S) groups is 1.